The first kappa shape index (κ1) is 23.2. The van der Waals surface area contributed by atoms with Crippen LogP contribution in [0.2, 0.25) is 0 Å². The van der Waals surface area contributed by atoms with E-state index in [1.165, 1.54) is 5.56 Å². The van der Waals surface area contributed by atoms with Crippen LogP contribution in [-0.4, -0.2) is 38.9 Å². The molecule has 172 valence electrons. The second kappa shape index (κ2) is 10.8. The molecule has 1 saturated heterocycles. The second-order valence-electron chi connectivity index (χ2n) is 8.71. The van der Waals surface area contributed by atoms with Gasteiger partial charge in [-0.25, -0.2) is 8.42 Å². The van der Waals surface area contributed by atoms with Crippen LogP contribution in [0.1, 0.15) is 34.3 Å². The average Bonchev–Trinajstić information content (AvgIpc) is 2.84. The summed E-state index contributed by atoms with van der Waals surface area (Å²) in [4.78, 5) is 15.4. The summed E-state index contributed by atoms with van der Waals surface area (Å²) in [5.74, 6) is 0.229. The van der Waals surface area contributed by atoms with Crippen molar-refractivity contribution in [3.63, 3.8) is 0 Å². The Morgan fingerprint density at radius 2 is 1.55 bits per heavy atom. The third-order valence-electron chi connectivity index (χ3n) is 6.08. The molecular formula is C27H30N2O3S. The maximum atomic E-state index is 12.6. The second-order valence-corrected chi connectivity index (χ2v) is 10.7. The summed E-state index contributed by atoms with van der Waals surface area (Å²) in [7, 11) is -3.40. The summed E-state index contributed by atoms with van der Waals surface area (Å²) < 4.78 is 25.1. The molecule has 0 aromatic heterocycles. The largest absolute Gasteiger partial charge is 0.352 e. The molecule has 0 aliphatic carbocycles. The van der Waals surface area contributed by atoms with Crippen molar-refractivity contribution in [2.45, 2.75) is 30.0 Å². The quantitative estimate of drug-likeness (QED) is 0.542. The first-order valence-corrected chi connectivity index (χ1v) is 13.1. The van der Waals surface area contributed by atoms with Gasteiger partial charge in [0.2, 0.25) is 0 Å². The van der Waals surface area contributed by atoms with Crippen LogP contribution in [0.3, 0.4) is 0 Å². The van der Waals surface area contributed by atoms with Crippen LogP contribution < -0.4 is 5.32 Å². The molecule has 0 bridgehead atoms. The van der Waals surface area contributed by atoms with Crippen LogP contribution in [0.25, 0.3) is 0 Å². The highest BCUT2D eigenvalue weighted by Gasteiger charge is 2.21. The molecule has 0 radical (unpaired) electrons. The molecule has 1 N–H and O–H groups in total. The summed E-state index contributed by atoms with van der Waals surface area (Å²) in [6.45, 7) is 3.66. The predicted molar refractivity (Wildman–Crippen MR) is 131 cm³/mol. The molecule has 1 aliphatic heterocycles. The Balaban J connectivity index is 1.28. The molecule has 33 heavy (non-hydrogen) atoms. The Morgan fingerprint density at radius 3 is 2.24 bits per heavy atom. The number of likely N-dealkylation sites (tertiary alicyclic amines) is 1. The number of carbonyl (C=O) groups excluding carboxylic acids is 1. The minimum Gasteiger partial charge on any atom is -0.352 e. The van der Waals surface area contributed by atoms with E-state index in [9.17, 15) is 13.2 Å². The Labute approximate surface area is 196 Å². The highest BCUT2D eigenvalue weighted by Crippen LogP contribution is 2.19. The van der Waals surface area contributed by atoms with Crippen LogP contribution in [0.5, 0.6) is 0 Å². The molecule has 0 spiro atoms. The topological polar surface area (TPSA) is 66.5 Å². The Kier molecular flexibility index (Phi) is 7.57. The monoisotopic (exact) mass is 462 g/mol. The molecule has 3 aromatic rings. The van der Waals surface area contributed by atoms with E-state index in [4.69, 9.17) is 0 Å². The minimum atomic E-state index is -3.40. The van der Waals surface area contributed by atoms with Crippen LogP contribution in [0.15, 0.2) is 89.8 Å². The number of sulfone groups is 1. The maximum absolute atomic E-state index is 12.6. The Hall–Kier alpha value is -2.96. The molecule has 1 aliphatic rings. The van der Waals surface area contributed by atoms with Crippen molar-refractivity contribution in [3.05, 3.63) is 102 Å². The lowest BCUT2D eigenvalue weighted by Crippen LogP contribution is -2.40. The molecule has 4 rings (SSSR count). The highest BCUT2D eigenvalue weighted by atomic mass is 32.2. The van der Waals surface area contributed by atoms with Crippen LogP contribution in [0.4, 0.5) is 0 Å². The van der Waals surface area contributed by atoms with Gasteiger partial charge in [-0.2, -0.15) is 0 Å². The van der Waals surface area contributed by atoms with Crippen LogP contribution >= 0.6 is 0 Å². The van der Waals surface area contributed by atoms with Gasteiger partial charge >= 0.3 is 0 Å². The van der Waals surface area contributed by atoms with Crippen molar-refractivity contribution in [2.75, 3.05) is 19.6 Å². The van der Waals surface area contributed by atoms with Crippen LogP contribution in [-0.2, 0) is 22.1 Å². The number of hydrogen-bond donors (Lipinski definition) is 1. The number of amides is 1. The van der Waals surface area contributed by atoms with Crippen molar-refractivity contribution >= 4 is 15.7 Å². The Morgan fingerprint density at radius 1 is 0.879 bits per heavy atom. The third-order valence-corrected chi connectivity index (χ3v) is 7.78. The van der Waals surface area contributed by atoms with E-state index in [0.717, 1.165) is 32.5 Å². The van der Waals surface area contributed by atoms with Gasteiger partial charge in [0.1, 0.15) is 0 Å². The van der Waals surface area contributed by atoms with Crippen LogP contribution in [0, 0.1) is 5.92 Å². The number of rotatable bonds is 8. The highest BCUT2D eigenvalue weighted by molar-refractivity contribution is 7.90. The molecule has 0 saturated carbocycles. The van der Waals surface area contributed by atoms with Gasteiger partial charge in [-0.05, 0) is 60.7 Å². The third kappa shape index (κ3) is 6.53. The maximum Gasteiger partial charge on any atom is 0.251 e. The smallest absolute Gasteiger partial charge is 0.251 e. The van der Waals surface area contributed by atoms with Gasteiger partial charge in [-0.1, -0.05) is 60.7 Å². The van der Waals surface area contributed by atoms with Crippen molar-refractivity contribution in [2.24, 2.45) is 5.92 Å². The molecular weight excluding hydrogens is 432 g/mol. The van der Waals surface area contributed by atoms with E-state index in [0.29, 0.717) is 28.5 Å². The molecule has 5 nitrogen and oxygen atoms in total. The average molecular weight is 463 g/mol. The zero-order valence-corrected chi connectivity index (χ0v) is 19.5. The zero-order valence-electron chi connectivity index (χ0n) is 18.7. The number of piperidine rings is 1. The fraction of sp³-hybridized carbons (Fsp3) is 0.296. The standard InChI is InChI=1S/C27H30N2O3S/c30-27(28-18-24-10-7-17-29(20-24)19-22-8-3-1-4-9-22)25-15-13-23(14-16-25)21-33(31,32)26-11-5-2-6-12-26/h1-6,8-9,11-16,24H,7,10,17-21H2,(H,28,30). The van der Waals surface area contributed by atoms with E-state index in [-0.39, 0.29) is 11.7 Å². The van der Waals surface area contributed by atoms with E-state index in [2.05, 4.69) is 34.5 Å². The van der Waals surface area contributed by atoms with Gasteiger partial charge < -0.3 is 5.32 Å². The molecule has 3 aromatic carbocycles. The fourth-order valence-electron chi connectivity index (χ4n) is 4.33. The lowest BCUT2D eigenvalue weighted by atomic mass is 9.97. The Bertz CT molecular complexity index is 1150. The molecule has 1 amide bonds. The van der Waals surface area contributed by atoms with Gasteiger partial charge in [0.05, 0.1) is 10.6 Å². The summed E-state index contributed by atoms with van der Waals surface area (Å²) in [5, 5.41) is 3.06. The van der Waals surface area contributed by atoms with Gasteiger partial charge in [0.15, 0.2) is 9.84 Å². The fourth-order valence-corrected chi connectivity index (χ4v) is 5.69. The van der Waals surface area contributed by atoms with Crippen molar-refractivity contribution in [3.8, 4) is 0 Å². The lowest BCUT2D eigenvalue weighted by Gasteiger charge is -2.32. The molecule has 1 atom stereocenters. The lowest BCUT2D eigenvalue weighted by molar-refractivity contribution is 0.0930. The summed E-state index contributed by atoms with van der Waals surface area (Å²) in [6.07, 6.45) is 2.25. The van der Waals surface area contributed by atoms with Gasteiger partial charge in [0.25, 0.3) is 5.91 Å². The first-order valence-electron chi connectivity index (χ1n) is 11.4. The first-order chi connectivity index (χ1) is 16.0. The van der Waals surface area contributed by atoms with Gasteiger partial charge in [-0.3, -0.25) is 9.69 Å². The number of benzene rings is 3. The SMILES string of the molecule is O=C(NCC1CCCN(Cc2ccccc2)C1)c1ccc(CS(=O)(=O)c2ccccc2)cc1. The van der Waals surface area contributed by atoms with Gasteiger partial charge in [0, 0.05) is 25.2 Å². The number of nitrogens with zero attached hydrogens (tertiary/aromatic N) is 1. The van der Waals surface area contributed by atoms with E-state index in [1.807, 2.05) is 6.07 Å². The van der Waals surface area contributed by atoms with Crippen molar-refractivity contribution in [1.82, 2.24) is 10.2 Å². The summed E-state index contributed by atoms with van der Waals surface area (Å²) in [6, 6.07) is 25.7. The number of nitrogens with one attached hydrogen (secondary N) is 1. The van der Waals surface area contributed by atoms with E-state index < -0.39 is 9.84 Å². The van der Waals surface area contributed by atoms with Crippen molar-refractivity contribution < 1.29 is 13.2 Å². The van der Waals surface area contributed by atoms with E-state index >= 15 is 0 Å². The van der Waals surface area contributed by atoms with Crippen molar-refractivity contribution in [1.29, 1.82) is 0 Å². The normalized spacial score (nSPS) is 16.9. The summed E-state index contributed by atoms with van der Waals surface area (Å²) in [5.41, 5.74) is 2.53. The van der Waals surface area contributed by atoms with E-state index in [1.54, 1.807) is 54.6 Å². The minimum absolute atomic E-state index is 0.0851. The van der Waals surface area contributed by atoms with Gasteiger partial charge in [-0.15, -0.1) is 0 Å². The summed E-state index contributed by atoms with van der Waals surface area (Å²) >= 11 is 0. The number of hydrogen-bond acceptors (Lipinski definition) is 4. The number of carbonyl (C=O) groups is 1. The molecule has 1 unspecified atom stereocenters. The zero-order chi connectivity index (χ0) is 23.1. The predicted octanol–water partition coefficient (Wildman–Crippen LogP) is 4.30. The molecule has 1 heterocycles. The molecule has 6 heteroatoms. The molecule has 1 fully saturated rings.